The fraction of sp³-hybridized carbons (Fsp3) is 0.381. The van der Waals surface area contributed by atoms with Crippen molar-refractivity contribution in [2.45, 2.75) is 31.2 Å². The van der Waals surface area contributed by atoms with Crippen LogP contribution in [-0.2, 0) is 21.2 Å². The van der Waals surface area contributed by atoms with Gasteiger partial charge in [-0.25, -0.2) is 12.8 Å². The Morgan fingerprint density at radius 1 is 1.17 bits per heavy atom. The van der Waals surface area contributed by atoms with Crippen LogP contribution in [0.1, 0.15) is 31.0 Å². The highest BCUT2D eigenvalue weighted by Gasteiger charge is 2.44. The lowest BCUT2D eigenvalue weighted by atomic mass is 10.1. The summed E-state index contributed by atoms with van der Waals surface area (Å²) in [5.74, 6) is -0.360. The molecular formula is C21H27FN2O4S. The van der Waals surface area contributed by atoms with Crippen molar-refractivity contribution in [3.63, 3.8) is 0 Å². The van der Waals surface area contributed by atoms with Gasteiger partial charge in [-0.3, -0.25) is 4.99 Å². The number of methoxy groups -OCH3 is 2. The van der Waals surface area contributed by atoms with Gasteiger partial charge in [-0.15, -0.1) is 0 Å². The number of hydrogen-bond acceptors (Lipinski definition) is 6. The number of ether oxygens (including phenoxy) is 2. The molecule has 2 aromatic rings. The van der Waals surface area contributed by atoms with Crippen molar-refractivity contribution in [3.05, 3.63) is 65.5 Å². The molecule has 0 unspecified atom stereocenters. The van der Waals surface area contributed by atoms with E-state index in [0.29, 0.717) is 12.4 Å². The Morgan fingerprint density at radius 3 is 2.38 bits per heavy atom. The molecule has 0 amide bonds. The number of nitrogens with zero attached hydrogens (tertiary/aromatic N) is 1. The lowest BCUT2D eigenvalue weighted by Gasteiger charge is -2.31. The molecule has 6 nitrogen and oxygen atoms in total. The maximum absolute atomic E-state index is 13.9. The minimum Gasteiger partial charge on any atom is -0.497 e. The van der Waals surface area contributed by atoms with E-state index in [0.717, 1.165) is 0 Å². The lowest BCUT2D eigenvalue weighted by Crippen LogP contribution is -2.50. The summed E-state index contributed by atoms with van der Waals surface area (Å²) in [5.41, 5.74) is 7.15. The highest BCUT2D eigenvalue weighted by Crippen LogP contribution is 2.34. The number of nitrogens with two attached hydrogens (primary N) is 1. The molecule has 2 N–H and O–H groups in total. The number of rotatable bonds is 4. The van der Waals surface area contributed by atoms with Gasteiger partial charge in [0.25, 0.3) is 0 Å². The Hall–Kier alpha value is -2.45. The Kier molecular flexibility index (Phi) is 7.37. The third-order valence-electron chi connectivity index (χ3n) is 4.78. The molecule has 0 fully saturated rings. The molecule has 8 heteroatoms. The van der Waals surface area contributed by atoms with Gasteiger partial charge in [-0.05, 0) is 37.6 Å². The molecule has 0 saturated heterocycles. The lowest BCUT2D eigenvalue weighted by molar-refractivity contribution is 0.185. The van der Waals surface area contributed by atoms with E-state index >= 15 is 0 Å². The Balaban J connectivity index is 0.000000278. The summed E-state index contributed by atoms with van der Waals surface area (Å²) < 4.78 is 47.1. The standard InChI is InChI=1S/C13H17FN2O3S.C8H10O/c1-13(2)12(15)16-11(7-20(13,17)18)9-6-8(19-3)4-5-10(9)14;1-9-7-8-5-3-2-4-6-8/h4-6,11H,7H2,1-3H3,(H2,15,16);2-6H,7H2,1H3/t11-;/m0./s1. The SMILES string of the molecule is COCc1ccccc1.COc1ccc(F)c([C@@H]2CS(=O)(=O)C(C)(C)C(N)=N2)c1. The number of sulfone groups is 1. The second kappa shape index (κ2) is 9.37. The van der Waals surface area contributed by atoms with E-state index in [1.165, 1.54) is 44.7 Å². The Morgan fingerprint density at radius 2 is 1.83 bits per heavy atom. The molecule has 2 aromatic carbocycles. The molecule has 0 radical (unpaired) electrons. The van der Waals surface area contributed by atoms with Crippen molar-refractivity contribution in [1.29, 1.82) is 0 Å². The molecule has 0 spiro atoms. The summed E-state index contributed by atoms with van der Waals surface area (Å²) >= 11 is 0. The molecular weight excluding hydrogens is 395 g/mol. The predicted octanol–water partition coefficient (Wildman–Crippen LogP) is 3.27. The summed E-state index contributed by atoms with van der Waals surface area (Å²) in [7, 11) is -0.352. The van der Waals surface area contributed by atoms with Crippen molar-refractivity contribution in [3.8, 4) is 5.75 Å². The maximum atomic E-state index is 13.9. The molecule has 1 heterocycles. The van der Waals surface area contributed by atoms with Gasteiger partial charge in [-0.1, -0.05) is 30.3 Å². The topological polar surface area (TPSA) is 91.0 Å². The van der Waals surface area contributed by atoms with E-state index in [4.69, 9.17) is 15.2 Å². The minimum absolute atomic E-state index is 0.00373. The van der Waals surface area contributed by atoms with E-state index in [2.05, 4.69) is 4.99 Å². The van der Waals surface area contributed by atoms with Crippen LogP contribution >= 0.6 is 0 Å². The van der Waals surface area contributed by atoms with Crippen LogP contribution in [0.25, 0.3) is 0 Å². The summed E-state index contributed by atoms with van der Waals surface area (Å²) in [5, 5.41) is 0. The zero-order valence-corrected chi connectivity index (χ0v) is 17.9. The van der Waals surface area contributed by atoms with Crippen LogP contribution in [0.15, 0.2) is 53.5 Å². The van der Waals surface area contributed by atoms with Crippen LogP contribution in [0.3, 0.4) is 0 Å². The normalized spacial score (nSPS) is 19.5. The van der Waals surface area contributed by atoms with Crippen molar-refractivity contribution in [2.75, 3.05) is 20.0 Å². The number of aliphatic imine (C=N–C) groups is 1. The maximum Gasteiger partial charge on any atom is 0.165 e. The molecule has 1 atom stereocenters. The summed E-state index contributed by atoms with van der Waals surface area (Å²) in [4.78, 5) is 4.16. The van der Waals surface area contributed by atoms with E-state index in [1.807, 2.05) is 30.3 Å². The molecule has 3 rings (SSSR count). The van der Waals surface area contributed by atoms with Gasteiger partial charge in [0.05, 0.1) is 25.5 Å². The van der Waals surface area contributed by atoms with E-state index in [-0.39, 0.29) is 17.2 Å². The van der Waals surface area contributed by atoms with Gasteiger partial charge in [0, 0.05) is 12.7 Å². The van der Waals surface area contributed by atoms with Crippen LogP contribution < -0.4 is 10.5 Å². The van der Waals surface area contributed by atoms with Gasteiger partial charge in [0.2, 0.25) is 0 Å². The Labute approximate surface area is 171 Å². The monoisotopic (exact) mass is 422 g/mol. The van der Waals surface area contributed by atoms with Crippen molar-refractivity contribution in [1.82, 2.24) is 0 Å². The summed E-state index contributed by atoms with van der Waals surface area (Å²) in [6.45, 7) is 3.71. The van der Waals surface area contributed by atoms with Crippen LogP contribution in [0.2, 0.25) is 0 Å². The van der Waals surface area contributed by atoms with Gasteiger partial charge in [0.15, 0.2) is 9.84 Å². The van der Waals surface area contributed by atoms with Gasteiger partial charge >= 0.3 is 0 Å². The first-order chi connectivity index (χ1) is 13.6. The molecule has 0 bridgehead atoms. The fourth-order valence-corrected chi connectivity index (χ4v) is 4.20. The number of benzene rings is 2. The number of amidine groups is 1. The van der Waals surface area contributed by atoms with Crippen LogP contribution in [-0.4, -0.2) is 39.0 Å². The van der Waals surface area contributed by atoms with Crippen LogP contribution in [0, 0.1) is 5.82 Å². The summed E-state index contributed by atoms with van der Waals surface area (Å²) in [6, 6.07) is 13.4. The minimum atomic E-state index is -3.51. The zero-order chi connectivity index (χ0) is 21.7. The van der Waals surface area contributed by atoms with Crippen LogP contribution in [0.5, 0.6) is 5.75 Å². The zero-order valence-electron chi connectivity index (χ0n) is 17.1. The third-order valence-corrected chi connectivity index (χ3v) is 7.30. The third kappa shape index (κ3) is 5.33. The number of hydrogen-bond donors (Lipinski definition) is 1. The second-order valence-corrected chi connectivity index (χ2v) is 9.71. The van der Waals surface area contributed by atoms with Gasteiger partial charge in [-0.2, -0.15) is 0 Å². The molecule has 1 aliphatic heterocycles. The highest BCUT2D eigenvalue weighted by atomic mass is 32.2. The van der Waals surface area contributed by atoms with Gasteiger partial charge in [0.1, 0.15) is 22.1 Å². The van der Waals surface area contributed by atoms with Crippen molar-refractivity contribution < 1.29 is 22.3 Å². The summed E-state index contributed by atoms with van der Waals surface area (Å²) in [6.07, 6.45) is 0. The molecule has 158 valence electrons. The van der Waals surface area contributed by atoms with Crippen molar-refractivity contribution in [2.24, 2.45) is 10.7 Å². The molecule has 1 aliphatic rings. The largest absolute Gasteiger partial charge is 0.497 e. The fourth-order valence-electron chi connectivity index (χ4n) is 2.74. The smallest absolute Gasteiger partial charge is 0.165 e. The highest BCUT2D eigenvalue weighted by molar-refractivity contribution is 7.93. The molecule has 0 aliphatic carbocycles. The first kappa shape index (κ1) is 22.8. The first-order valence-electron chi connectivity index (χ1n) is 9.04. The molecule has 29 heavy (non-hydrogen) atoms. The second-order valence-electron chi connectivity index (χ2n) is 7.13. The van der Waals surface area contributed by atoms with E-state index in [9.17, 15) is 12.8 Å². The van der Waals surface area contributed by atoms with E-state index in [1.54, 1.807) is 7.11 Å². The predicted molar refractivity (Wildman–Crippen MR) is 112 cm³/mol. The quantitative estimate of drug-likeness (QED) is 0.817. The Bertz CT molecular complexity index is 960. The molecule has 0 saturated carbocycles. The average molecular weight is 423 g/mol. The van der Waals surface area contributed by atoms with Gasteiger partial charge < -0.3 is 15.2 Å². The molecule has 0 aromatic heterocycles. The van der Waals surface area contributed by atoms with E-state index < -0.39 is 26.4 Å². The first-order valence-corrected chi connectivity index (χ1v) is 10.7. The van der Waals surface area contributed by atoms with Crippen LogP contribution in [0.4, 0.5) is 4.39 Å². The number of halogens is 1. The average Bonchev–Trinajstić information content (AvgIpc) is 2.68. The van der Waals surface area contributed by atoms with Crippen molar-refractivity contribution >= 4 is 15.7 Å².